The molecule has 0 heterocycles. The van der Waals surface area contributed by atoms with Crippen LogP contribution in [0, 0.1) is 0 Å². The summed E-state index contributed by atoms with van der Waals surface area (Å²) in [5.41, 5.74) is 2.91. The molecule has 2 heteroatoms. The summed E-state index contributed by atoms with van der Waals surface area (Å²) in [5.74, 6) is 1.10. The van der Waals surface area contributed by atoms with Gasteiger partial charge >= 0.3 is 8.32 Å². The summed E-state index contributed by atoms with van der Waals surface area (Å²) in [7, 11) is -2.55. The van der Waals surface area contributed by atoms with E-state index in [0.29, 0.717) is 0 Å². The van der Waals surface area contributed by atoms with E-state index in [1.165, 1.54) is 40.8 Å². The smallest absolute Gasteiger partial charge is 0.319 e. The van der Waals surface area contributed by atoms with Gasteiger partial charge in [0.05, 0.1) is 0 Å². The molecule has 0 radical (unpaired) electrons. The van der Waals surface area contributed by atoms with Crippen molar-refractivity contribution in [3.63, 3.8) is 0 Å². The Morgan fingerprint density at radius 2 is 1.25 bits per heavy atom. The lowest BCUT2D eigenvalue weighted by Crippen LogP contribution is -2.69. The van der Waals surface area contributed by atoms with E-state index in [4.69, 9.17) is 4.43 Å². The van der Waals surface area contributed by atoms with Crippen molar-refractivity contribution >= 4 is 18.7 Å². The molecule has 144 valence electrons. The maximum Gasteiger partial charge on any atom is 0.319 e. The standard InChI is InChI=1S/C26H30OSi/c1-26(2,3)28(22-15-6-4-7-16-22,23-17-8-5-9-18-23)27-25-20-12-14-21-13-10-11-19-24(21)25/h4-9,12,14-18,20H,10-11,13,19H2,1-3H3. The van der Waals surface area contributed by atoms with Gasteiger partial charge < -0.3 is 4.43 Å². The predicted octanol–water partition coefficient (Wildman–Crippen LogP) is 5.50. The quantitative estimate of drug-likeness (QED) is 0.538. The first-order valence-electron chi connectivity index (χ1n) is 10.4. The zero-order valence-electron chi connectivity index (χ0n) is 17.2. The van der Waals surface area contributed by atoms with Crippen LogP contribution in [0.25, 0.3) is 0 Å². The molecule has 0 N–H and O–H groups in total. The van der Waals surface area contributed by atoms with Crippen molar-refractivity contribution in [2.75, 3.05) is 0 Å². The highest BCUT2D eigenvalue weighted by Gasteiger charge is 2.52. The minimum atomic E-state index is -2.55. The second-order valence-electron chi connectivity index (χ2n) is 8.87. The molecule has 0 saturated carbocycles. The molecule has 28 heavy (non-hydrogen) atoms. The third kappa shape index (κ3) is 3.31. The lowest BCUT2D eigenvalue weighted by atomic mass is 9.91. The second kappa shape index (κ2) is 7.60. The third-order valence-electron chi connectivity index (χ3n) is 6.03. The molecular weight excluding hydrogens is 356 g/mol. The predicted molar refractivity (Wildman–Crippen MR) is 121 cm³/mol. The number of hydrogen-bond donors (Lipinski definition) is 0. The average molecular weight is 387 g/mol. The Morgan fingerprint density at radius 1 is 0.679 bits per heavy atom. The van der Waals surface area contributed by atoms with Crippen LogP contribution in [0.15, 0.2) is 78.9 Å². The van der Waals surface area contributed by atoms with Gasteiger partial charge in [0, 0.05) is 0 Å². The van der Waals surface area contributed by atoms with Gasteiger partial charge in [0.1, 0.15) is 5.75 Å². The van der Waals surface area contributed by atoms with Crippen molar-refractivity contribution in [1.82, 2.24) is 0 Å². The molecule has 1 aliphatic carbocycles. The number of fused-ring (bicyclic) bond motifs is 1. The molecule has 0 saturated heterocycles. The molecule has 0 aromatic heterocycles. The summed E-state index contributed by atoms with van der Waals surface area (Å²) in [4.78, 5) is 0. The number of rotatable bonds is 4. The van der Waals surface area contributed by atoms with Crippen molar-refractivity contribution < 1.29 is 4.43 Å². The zero-order chi connectivity index (χ0) is 19.6. The highest BCUT2D eigenvalue weighted by Crippen LogP contribution is 2.39. The number of hydrogen-bond acceptors (Lipinski definition) is 1. The molecular formula is C26H30OSi. The summed E-state index contributed by atoms with van der Waals surface area (Å²) in [6, 6.07) is 28.5. The largest absolute Gasteiger partial charge is 0.534 e. The van der Waals surface area contributed by atoms with E-state index in [2.05, 4.69) is 99.6 Å². The van der Waals surface area contributed by atoms with Crippen molar-refractivity contribution in [3.05, 3.63) is 90.0 Å². The normalized spacial score (nSPS) is 14.4. The van der Waals surface area contributed by atoms with Crippen molar-refractivity contribution in [3.8, 4) is 5.75 Å². The minimum Gasteiger partial charge on any atom is -0.534 e. The van der Waals surface area contributed by atoms with Crippen molar-refractivity contribution in [2.24, 2.45) is 0 Å². The summed E-state index contributed by atoms with van der Waals surface area (Å²) < 4.78 is 7.28. The van der Waals surface area contributed by atoms with Crippen LogP contribution in [0.4, 0.5) is 0 Å². The highest BCUT2D eigenvalue weighted by molar-refractivity contribution is 7.00. The van der Waals surface area contributed by atoms with Gasteiger partial charge in [-0.05, 0) is 58.3 Å². The molecule has 3 aromatic carbocycles. The topological polar surface area (TPSA) is 9.23 Å². The van der Waals surface area contributed by atoms with Crippen LogP contribution in [-0.2, 0) is 12.8 Å². The van der Waals surface area contributed by atoms with E-state index in [1.54, 1.807) is 0 Å². The van der Waals surface area contributed by atoms with Gasteiger partial charge in [-0.1, -0.05) is 93.6 Å². The van der Waals surface area contributed by atoms with Crippen LogP contribution < -0.4 is 14.8 Å². The summed E-state index contributed by atoms with van der Waals surface area (Å²) in [6.07, 6.45) is 4.85. The van der Waals surface area contributed by atoms with Gasteiger partial charge in [-0.2, -0.15) is 0 Å². The van der Waals surface area contributed by atoms with Crippen LogP contribution in [0.3, 0.4) is 0 Å². The molecule has 0 fully saturated rings. The fourth-order valence-electron chi connectivity index (χ4n) is 4.66. The molecule has 1 aliphatic rings. The van der Waals surface area contributed by atoms with Gasteiger partial charge in [0.2, 0.25) is 0 Å². The Kier molecular flexibility index (Phi) is 5.16. The van der Waals surface area contributed by atoms with E-state index < -0.39 is 8.32 Å². The van der Waals surface area contributed by atoms with Crippen LogP contribution in [0.2, 0.25) is 5.04 Å². The minimum absolute atomic E-state index is 0.00685. The van der Waals surface area contributed by atoms with Crippen LogP contribution >= 0.6 is 0 Å². The monoisotopic (exact) mass is 386 g/mol. The average Bonchev–Trinajstić information content (AvgIpc) is 2.72. The summed E-state index contributed by atoms with van der Waals surface area (Å²) in [5, 5.41) is 2.66. The second-order valence-corrected chi connectivity index (χ2v) is 13.1. The Balaban J connectivity index is 1.94. The van der Waals surface area contributed by atoms with Gasteiger partial charge in [-0.3, -0.25) is 0 Å². The number of benzene rings is 3. The maximum absolute atomic E-state index is 7.28. The molecule has 0 atom stereocenters. The van der Waals surface area contributed by atoms with E-state index in [9.17, 15) is 0 Å². The molecule has 4 rings (SSSR count). The third-order valence-corrected chi connectivity index (χ3v) is 11.0. The van der Waals surface area contributed by atoms with E-state index in [0.717, 1.165) is 12.2 Å². The first-order valence-corrected chi connectivity index (χ1v) is 12.3. The Labute approximate surface area is 170 Å². The molecule has 0 unspecified atom stereocenters. The lowest BCUT2D eigenvalue weighted by molar-refractivity contribution is 0.496. The summed E-state index contributed by atoms with van der Waals surface area (Å²) in [6.45, 7) is 7.03. The van der Waals surface area contributed by atoms with Gasteiger partial charge in [-0.15, -0.1) is 0 Å². The fraction of sp³-hybridized carbons (Fsp3) is 0.308. The van der Waals surface area contributed by atoms with E-state index in [-0.39, 0.29) is 5.04 Å². The van der Waals surface area contributed by atoms with E-state index >= 15 is 0 Å². The lowest BCUT2D eigenvalue weighted by Gasteiger charge is -2.43. The maximum atomic E-state index is 7.28. The van der Waals surface area contributed by atoms with Crippen molar-refractivity contribution in [1.29, 1.82) is 0 Å². The first-order chi connectivity index (χ1) is 13.5. The van der Waals surface area contributed by atoms with Crippen LogP contribution in [0.5, 0.6) is 5.75 Å². The fourth-order valence-corrected chi connectivity index (χ4v) is 9.11. The SMILES string of the molecule is CC(C)(C)[Si](Oc1cccc2c1CCCC2)(c1ccccc1)c1ccccc1. The van der Waals surface area contributed by atoms with Crippen molar-refractivity contribution in [2.45, 2.75) is 51.5 Å². The zero-order valence-corrected chi connectivity index (χ0v) is 18.2. The molecule has 0 amide bonds. The van der Waals surface area contributed by atoms with E-state index in [1.807, 2.05) is 0 Å². The van der Waals surface area contributed by atoms with Gasteiger partial charge in [0.15, 0.2) is 0 Å². The highest BCUT2D eigenvalue weighted by atomic mass is 28.4. The van der Waals surface area contributed by atoms with Crippen LogP contribution in [-0.4, -0.2) is 8.32 Å². The molecule has 0 aliphatic heterocycles. The molecule has 3 aromatic rings. The Hall–Kier alpha value is -2.32. The Morgan fingerprint density at radius 3 is 1.82 bits per heavy atom. The number of aryl methyl sites for hydroxylation is 1. The van der Waals surface area contributed by atoms with Gasteiger partial charge in [-0.25, -0.2) is 0 Å². The first kappa shape index (κ1) is 19.0. The van der Waals surface area contributed by atoms with Crippen LogP contribution in [0.1, 0.15) is 44.7 Å². The summed E-state index contributed by atoms with van der Waals surface area (Å²) >= 11 is 0. The molecule has 0 bridgehead atoms. The molecule has 1 nitrogen and oxygen atoms in total. The molecule has 0 spiro atoms. The van der Waals surface area contributed by atoms with Gasteiger partial charge in [0.25, 0.3) is 0 Å². The Bertz CT molecular complexity index is 886.